The lowest BCUT2D eigenvalue weighted by molar-refractivity contribution is 0.272. The molecule has 3 heteroatoms. The number of aliphatic hydroxyl groups is 2. The van der Waals surface area contributed by atoms with Crippen molar-refractivity contribution in [1.82, 2.24) is 0 Å². The first kappa shape index (κ1) is 22.2. The molecule has 136 valence electrons. The number of unbranched alkanes of at least 4 members (excludes halogenated alkanes) is 10. The lowest BCUT2D eigenvalue weighted by atomic mass is 10.1. The van der Waals surface area contributed by atoms with Gasteiger partial charge < -0.3 is 14.9 Å². The van der Waals surface area contributed by atoms with Crippen LogP contribution in [0.4, 0.5) is 0 Å². The van der Waals surface area contributed by atoms with Gasteiger partial charge in [-0.3, -0.25) is 0 Å². The van der Waals surface area contributed by atoms with E-state index < -0.39 is 0 Å². The Balaban J connectivity index is 3.36. The quantitative estimate of drug-likeness (QED) is 0.259. The lowest BCUT2D eigenvalue weighted by Gasteiger charge is -2.11. The molecule has 3 nitrogen and oxygen atoms in total. The van der Waals surface area contributed by atoms with Gasteiger partial charge in [0.25, 0.3) is 0 Å². The molecule has 0 aliphatic carbocycles. The molecule has 0 saturated heterocycles. The van der Waals surface area contributed by atoms with E-state index in [0.29, 0.717) is 13.2 Å². The maximum atomic E-state index is 8.71. The number of hydrogen-bond donors (Lipinski definition) is 2. The van der Waals surface area contributed by atoms with Crippen LogP contribution in [0.1, 0.15) is 89.9 Å². The van der Waals surface area contributed by atoms with Gasteiger partial charge in [-0.1, -0.05) is 64.5 Å². The van der Waals surface area contributed by atoms with E-state index in [0.717, 1.165) is 62.9 Å². The van der Waals surface area contributed by atoms with Gasteiger partial charge >= 0.3 is 0 Å². The van der Waals surface area contributed by atoms with Gasteiger partial charge in [0.15, 0.2) is 0 Å². The molecule has 0 aromatic rings. The maximum Gasteiger partial charge on any atom is 0.0964 e. The fourth-order valence-electron chi connectivity index (χ4n) is 2.59. The van der Waals surface area contributed by atoms with Crippen molar-refractivity contribution in [2.45, 2.75) is 89.9 Å². The van der Waals surface area contributed by atoms with E-state index in [1.54, 1.807) is 0 Å². The molecule has 0 atom stereocenters. The smallest absolute Gasteiger partial charge is 0.0964 e. The summed E-state index contributed by atoms with van der Waals surface area (Å²) in [7, 11) is 0. The van der Waals surface area contributed by atoms with Gasteiger partial charge in [0.2, 0.25) is 0 Å². The van der Waals surface area contributed by atoms with E-state index in [1.165, 1.54) is 38.5 Å². The fourth-order valence-corrected chi connectivity index (χ4v) is 2.59. The molecular weight excluding hydrogens is 288 g/mol. The second-order valence-corrected chi connectivity index (χ2v) is 6.37. The highest BCUT2D eigenvalue weighted by Gasteiger charge is 2.01. The van der Waals surface area contributed by atoms with Crippen LogP contribution in [0, 0.1) is 0 Å². The molecule has 23 heavy (non-hydrogen) atoms. The highest BCUT2D eigenvalue weighted by Crippen LogP contribution is 2.17. The van der Waals surface area contributed by atoms with Gasteiger partial charge in [-0.15, -0.1) is 0 Å². The summed E-state index contributed by atoms with van der Waals surface area (Å²) < 4.78 is 5.69. The van der Waals surface area contributed by atoms with Gasteiger partial charge in [0.05, 0.1) is 11.5 Å². The molecule has 0 aromatic heterocycles. The topological polar surface area (TPSA) is 49.7 Å². The summed E-state index contributed by atoms with van der Waals surface area (Å²) in [4.78, 5) is 0. The SMILES string of the molecule is C=C(CCCCCCCCO)OC(=C)CCCCCCCCO. The number of rotatable bonds is 18. The number of allylic oxidation sites excluding steroid dienone is 2. The molecule has 0 unspecified atom stereocenters. The van der Waals surface area contributed by atoms with Crippen molar-refractivity contribution in [3.8, 4) is 0 Å². The highest BCUT2D eigenvalue weighted by molar-refractivity contribution is 4.93. The second kappa shape index (κ2) is 17.6. The zero-order chi connectivity index (χ0) is 17.2. The van der Waals surface area contributed by atoms with Gasteiger partial charge in [-0.25, -0.2) is 0 Å². The zero-order valence-electron chi connectivity index (χ0n) is 15.0. The Labute approximate surface area is 143 Å². The van der Waals surface area contributed by atoms with Crippen molar-refractivity contribution in [2.24, 2.45) is 0 Å². The minimum atomic E-state index is 0.315. The Morgan fingerprint density at radius 2 is 0.826 bits per heavy atom. The molecule has 0 heterocycles. The van der Waals surface area contributed by atoms with Gasteiger partial charge in [0, 0.05) is 26.1 Å². The van der Waals surface area contributed by atoms with E-state index >= 15 is 0 Å². The van der Waals surface area contributed by atoms with E-state index in [2.05, 4.69) is 13.2 Å². The summed E-state index contributed by atoms with van der Waals surface area (Å²) in [5, 5.41) is 17.4. The van der Waals surface area contributed by atoms with Crippen LogP contribution < -0.4 is 0 Å². The van der Waals surface area contributed by atoms with Crippen LogP contribution in [-0.4, -0.2) is 23.4 Å². The van der Waals surface area contributed by atoms with Crippen LogP contribution >= 0.6 is 0 Å². The molecule has 0 bridgehead atoms. The van der Waals surface area contributed by atoms with Crippen molar-refractivity contribution in [1.29, 1.82) is 0 Å². The van der Waals surface area contributed by atoms with Crippen LogP contribution in [-0.2, 0) is 4.74 Å². The molecule has 0 rings (SSSR count). The maximum absolute atomic E-state index is 8.71. The van der Waals surface area contributed by atoms with Gasteiger partial charge in [0.1, 0.15) is 0 Å². The first-order valence-electron chi connectivity index (χ1n) is 9.45. The molecule has 0 radical (unpaired) electrons. The van der Waals surface area contributed by atoms with E-state index in [4.69, 9.17) is 14.9 Å². The third kappa shape index (κ3) is 17.4. The monoisotopic (exact) mass is 326 g/mol. The second-order valence-electron chi connectivity index (χ2n) is 6.37. The van der Waals surface area contributed by atoms with Crippen LogP contribution in [0.5, 0.6) is 0 Å². The molecule has 0 amide bonds. The normalized spacial score (nSPS) is 10.7. The lowest BCUT2D eigenvalue weighted by Crippen LogP contribution is -1.93. The first-order valence-corrected chi connectivity index (χ1v) is 9.45. The van der Waals surface area contributed by atoms with Crippen molar-refractivity contribution >= 4 is 0 Å². The summed E-state index contributed by atoms with van der Waals surface area (Å²) in [6, 6.07) is 0. The van der Waals surface area contributed by atoms with Crippen LogP contribution in [0.3, 0.4) is 0 Å². The summed E-state index contributed by atoms with van der Waals surface area (Å²) in [5.41, 5.74) is 0. The van der Waals surface area contributed by atoms with Crippen molar-refractivity contribution in [3.63, 3.8) is 0 Å². The Kier molecular flexibility index (Phi) is 16.9. The predicted octanol–water partition coefficient (Wildman–Crippen LogP) is 5.48. The molecular formula is C20H38O3. The Morgan fingerprint density at radius 1 is 0.522 bits per heavy atom. The minimum Gasteiger partial charge on any atom is -0.467 e. The molecule has 0 aromatic carbocycles. The minimum absolute atomic E-state index is 0.315. The average Bonchev–Trinajstić information content (AvgIpc) is 2.53. The number of ether oxygens (including phenoxy) is 1. The standard InChI is InChI=1S/C20H38O3/c1-19(15-11-7-3-5-9-13-17-21)23-20(2)16-12-8-4-6-10-14-18-22/h21-22H,1-18H2. The summed E-state index contributed by atoms with van der Waals surface area (Å²) >= 11 is 0. The molecule has 0 aliphatic rings. The fraction of sp³-hybridized carbons (Fsp3) is 0.800. The Bertz CT molecular complexity index is 259. The van der Waals surface area contributed by atoms with Crippen LogP contribution in [0.25, 0.3) is 0 Å². The van der Waals surface area contributed by atoms with E-state index in [1.807, 2.05) is 0 Å². The van der Waals surface area contributed by atoms with Gasteiger partial charge in [-0.05, 0) is 25.7 Å². The third-order valence-corrected chi connectivity index (χ3v) is 4.02. The summed E-state index contributed by atoms with van der Waals surface area (Å²) in [6.45, 7) is 8.59. The molecule has 2 N–H and O–H groups in total. The van der Waals surface area contributed by atoms with Crippen molar-refractivity contribution in [2.75, 3.05) is 13.2 Å². The molecule has 0 saturated carbocycles. The molecule has 0 aliphatic heterocycles. The third-order valence-electron chi connectivity index (χ3n) is 4.02. The largest absolute Gasteiger partial charge is 0.467 e. The summed E-state index contributed by atoms with van der Waals surface area (Å²) in [5.74, 6) is 1.68. The van der Waals surface area contributed by atoms with Gasteiger partial charge in [-0.2, -0.15) is 0 Å². The number of hydrogen-bond acceptors (Lipinski definition) is 3. The Hall–Kier alpha value is -0.800. The van der Waals surface area contributed by atoms with Crippen molar-refractivity contribution < 1.29 is 14.9 Å². The highest BCUT2D eigenvalue weighted by atomic mass is 16.5. The van der Waals surface area contributed by atoms with E-state index in [9.17, 15) is 0 Å². The number of aliphatic hydroxyl groups excluding tert-OH is 2. The van der Waals surface area contributed by atoms with E-state index in [-0.39, 0.29) is 0 Å². The average molecular weight is 327 g/mol. The first-order chi connectivity index (χ1) is 11.2. The van der Waals surface area contributed by atoms with Crippen LogP contribution in [0.15, 0.2) is 24.7 Å². The molecule has 0 fully saturated rings. The molecule has 0 spiro atoms. The summed E-state index contributed by atoms with van der Waals surface area (Å²) in [6.07, 6.45) is 15.5. The zero-order valence-corrected chi connectivity index (χ0v) is 15.0. The Morgan fingerprint density at radius 3 is 1.17 bits per heavy atom. The van der Waals surface area contributed by atoms with Crippen molar-refractivity contribution in [3.05, 3.63) is 24.7 Å². The predicted molar refractivity (Wildman–Crippen MR) is 98.2 cm³/mol. The van der Waals surface area contributed by atoms with Crippen LogP contribution in [0.2, 0.25) is 0 Å².